The lowest BCUT2D eigenvalue weighted by molar-refractivity contribution is -0.136. The predicted molar refractivity (Wildman–Crippen MR) is 141 cm³/mol. The second-order valence-corrected chi connectivity index (χ2v) is 11.1. The van der Waals surface area contributed by atoms with Crippen molar-refractivity contribution in [1.82, 2.24) is 29.0 Å². The number of rotatable bonds is 5. The number of aromatic nitrogens is 5. The van der Waals surface area contributed by atoms with Crippen molar-refractivity contribution in [2.24, 2.45) is 13.0 Å². The van der Waals surface area contributed by atoms with Crippen molar-refractivity contribution in [3.63, 3.8) is 0 Å². The molecular weight excluding hydrogens is 505 g/mol. The SMILES string of the molecule is C[C@H]1CCCN(Cc2cc(C(F)(F)F)c3ncc(-c4ccc5c(c4)C(Cc4nncn4C)CC5)c(=O)n3c2)C1. The predicted octanol–water partition coefficient (Wildman–Crippen LogP) is 5.01. The minimum atomic E-state index is -4.63. The molecule has 1 aromatic carbocycles. The van der Waals surface area contributed by atoms with Gasteiger partial charge in [-0.05, 0) is 72.4 Å². The first-order valence-corrected chi connectivity index (χ1v) is 13.5. The van der Waals surface area contributed by atoms with E-state index in [2.05, 4.69) is 27.0 Å². The second kappa shape index (κ2) is 9.89. The zero-order chi connectivity index (χ0) is 27.3. The van der Waals surface area contributed by atoms with Gasteiger partial charge in [0.25, 0.3) is 5.56 Å². The van der Waals surface area contributed by atoms with Gasteiger partial charge in [-0.2, -0.15) is 13.2 Å². The average Bonchev–Trinajstić information content (AvgIpc) is 3.49. The number of pyridine rings is 1. The number of hydrogen-bond acceptors (Lipinski definition) is 5. The highest BCUT2D eigenvalue weighted by molar-refractivity contribution is 5.66. The number of nitrogens with zero attached hydrogens (tertiary/aromatic N) is 6. The van der Waals surface area contributed by atoms with Gasteiger partial charge >= 0.3 is 6.18 Å². The van der Waals surface area contributed by atoms with Crippen LogP contribution in [0.4, 0.5) is 13.2 Å². The van der Waals surface area contributed by atoms with Gasteiger partial charge in [0.15, 0.2) is 5.65 Å². The van der Waals surface area contributed by atoms with Crippen molar-refractivity contribution in [3.05, 3.63) is 81.4 Å². The summed E-state index contributed by atoms with van der Waals surface area (Å²) in [5, 5.41) is 8.19. The lowest BCUT2D eigenvalue weighted by atomic mass is 9.94. The number of aryl methyl sites for hydroxylation is 2. The van der Waals surface area contributed by atoms with Gasteiger partial charge in [0.1, 0.15) is 12.2 Å². The quantitative estimate of drug-likeness (QED) is 0.359. The Balaban J connectivity index is 1.40. The molecule has 1 saturated heterocycles. The first-order chi connectivity index (χ1) is 18.7. The molecule has 10 heteroatoms. The number of hydrogen-bond donors (Lipinski definition) is 0. The summed E-state index contributed by atoms with van der Waals surface area (Å²) in [6.07, 6.45) is 4.64. The second-order valence-electron chi connectivity index (χ2n) is 11.1. The maximum absolute atomic E-state index is 14.1. The van der Waals surface area contributed by atoms with E-state index >= 15 is 0 Å². The molecule has 1 unspecified atom stereocenters. The fourth-order valence-corrected chi connectivity index (χ4v) is 6.20. The standard InChI is InChI=1S/C29H31F3N6O/c1-18-4-3-9-37(14-18)15-19-10-25(29(30,31)32)27-33-13-24(28(39)38(27)16-19)21-7-5-20-6-8-22(23(20)11-21)12-26-35-34-17-36(26)2/h5,7,10-11,13,16-18,22H,3-4,6,8-9,12,14-15H2,1-2H3/t18-,22?/m0/s1. The molecule has 1 fully saturated rings. The Morgan fingerprint density at radius 1 is 1.15 bits per heavy atom. The first kappa shape index (κ1) is 25.7. The Hall–Kier alpha value is -3.53. The molecule has 0 radical (unpaired) electrons. The number of halogens is 3. The van der Waals surface area contributed by atoms with Crippen LogP contribution in [0.15, 0.2) is 47.8 Å². The normalized spacial score (nSPS) is 20.0. The molecule has 39 heavy (non-hydrogen) atoms. The molecule has 4 heterocycles. The van der Waals surface area contributed by atoms with Gasteiger partial charge in [-0.15, -0.1) is 10.2 Å². The van der Waals surface area contributed by atoms with Crippen molar-refractivity contribution in [3.8, 4) is 11.1 Å². The third-order valence-electron chi connectivity index (χ3n) is 8.20. The van der Waals surface area contributed by atoms with E-state index in [9.17, 15) is 18.0 Å². The van der Waals surface area contributed by atoms with Gasteiger partial charge in [0.2, 0.25) is 0 Å². The lowest BCUT2D eigenvalue weighted by Crippen LogP contribution is -2.34. The topological polar surface area (TPSA) is 68.3 Å². The molecule has 2 aliphatic rings. The molecule has 204 valence electrons. The highest BCUT2D eigenvalue weighted by Crippen LogP contribution is 2.38. The molecule has 0 N–H and O–H groups in total. The zero-order valence-corrected chi connectivity index (χ0v) is 22.1. The summed E-state index contributed by atoms with van der Waals surface area (Å²) in [5.74, 6) is 1.62. The highest BCUT2D eigenvalue weighted by atomic mass is 19.4. The van der Waals surface area contributed by atoms with Crippen LogP contribution in [0.3, 0.4) is 0 Å². The van der Waals surface area contributed by atoms with Gasteiger partial charge in [-0.3, -0.25) is 14.1 Å². The third-order valence-corrected chi connectivity index (χ3v) is 8.20. The van der Waals surface area contributed by atoms with Crippen molar-refractivity contribution in [1.29, 1.82) is 0 Å². The Morgan fingerprint density at radius 2 is 2.00 bits per heavy atom. The minimum Gasteiger partial charge on any atom is -0.321 e. The maximum Gasteiger partial charge on any atom is 0.419 e. The molecule has 0 amide bonds. The van der Waals surface area contributed by atoms with E-state index in [1.807, 2.05) is 29.8 Å². The van der Waals surface area contributed by atoms with Gasteiger partial charge in [-0.25, -0.2) is 4.98 Å². The summed E-state index contributed by atoms with van der Waals surface area (Å²) in [5.41, 5.74) is 2.02. The number of fused-ring (bicyclic) bond motifs is 2. The van der Waals surface area contributed by atoms with Crippen LogP contribution < -0.4 is 5.56 Å². The molecule has 2 atom stereocenters. The largest absolute Gasteiger partial charge is 0.419 e. The monoisotopic (exact) mass is 536 g/mol. The van der Waals surface area contributed by atoms with Crippen LogP contribution in [0.5, 0.6) is 0 Å². The molecule has 1 aliphatic carbocycles. The van der Waals surface area contributed by atoms with Crippen LogP contribution in [-0.2, 0) is 32.6 Å². The molecule has 4 aromatic rings. The number of benzene rings is 1. The molecule has 3 aromatic heterocycles. The van der Waals surface area contributed by atoms with Gasteiger partial charge in [0.05, 0.1) is 11.1 Å². The van der Waals surface area contributed by atoms with E-state index in [1.165, 1.54) is 18.0 Å². The van der Waals surface area contributed by atoms with Crippen LogP contribution in [0.2, 0.25) is 0 Å². The van der Waals surface area contributed by atoms with Gasteiger partial charge in [-0.1, -0.05) is 25.1 Å². The Kier molecular flexibility index (Phi) is 6.53. The first-order valence-electron chi connectivity index (χ1n) is 13.5. The smallest absolute Gasteiger partial charge is 0.321 e. The summed E-state index contributed by atoms with van der Waals surface area (Å²) in [6.45, 7) is 4.18. The van der Waals surface area contributed by atoms with Crippen molar-refractivity contribution in [2.45, 2.75) is 57.7 Å². The molecule has 1 aliphatic heterocycles. The summed E-state index contributed by atoms with van der Waals surface area (Å²) in [6, 6.07) is 7.04. The van der Waals surface area contributed by atoms with Crippen LogP contribution in [0, 0.1) is 5.92 Å². The fourth-order valence-electron chi connectivity index (χ4n) is 6.20. The Bertz CT molecular complexity index is 1590. The van der Waals surface area contributed by atoms with Crippen LogP contribution in [0.1, 0.15) is 60.2 Å². The molecule has 7 nitrogen and oxygen atoms in total. The minimum absolute atomic E-state index is 0.231. The summed E-state index contributed by atoms with van der Waals surface area (Å²) >= 11 is 0. The Morgan fingerprint density at radius 3 is 2.74 bits per heavy atom. The molecular formula is C29H31F3N6O. The van der Waals surface area contributed by atoms with Crippen LogP contribution >= 0.6 is 0 Å². The zero-order valence-electron chi connectivity index (χ0n) is 22.1. The van der Waals surface area contributed by atoms with E-state index in [0.717, 1.165) is 67.0 Å². The van der Waals surface area contributed by atoms with E-state index in [1.54, 1.807) is 6.33 Å². The molecule has 0 saturated carbocycles. The molecule has 0 bridgehead atoms. The van der Waals surface area contributed by atoms with Gasteiger partial charge < -0.3 is 4.57 Å². The summed E-state index contributed by atoms with van der Waals surface area (Å²) < 4.78 is 45.3. The van der Waals surface area contributed by atoms with Crippen molar-refractivity contribution < 1.29 is 13.2 Å². The fraction of sp³-hybridized carbons (Fsp3) is 0.448. The van der Waals surface area contributed by atoms with Crippen LogP contribution in [-0.4, -0.2) is 42.1 Å². The summed E-state index contributed by atoms with van der Waals surface area (Å²) in [7, 11) is 1.92. The number of alkyl halides is 3. The third kappa shape index (κ3) is 4.97. The molecule has 6 rings (SSSR count). The van der Waals surface area contributed by atoms with E-state index in [-0.39, 0.29) is 17.1 Å². The van der Waals surface area contributed by atoms with Crippen molar-refractivity contribution >= 4 is 5.65 Å². The Labute approximate surface area is 224 Å². The van der Waals surface area contributed by atoms with E-state index < -0.39 is 17.3 Å². The number of likely N-dealkylation sites (tertiary alicyclic amines) is 1. The van der Waals surface area contributed by atoms with E-state index in [4.69, 9.17) is 0 Å². The summed E-state index contributed by atoms with van der Waals surface area (Å²) in [4.78, 5) is 20.0. The van der Waals surface area contributed by atoms with Crippen molar-refractivity contribution in [2.75, 3.05) is 13.1 Å². The van der Waals surface area contributed by atoms with Gasteiger partial charge in [0, 0.05) is 39.0 Å². The lowest BCUT2D eigenvalue weighted by Gasteiger charge is -2.31. The van der Waals surface area contributed by atoms with E-state index in [0.29, 0.717) is 23.6 Å². The average molecular weight is 537 g/mol. The number of piperidine rings is 1. The molecule has 0 spiro atoms. The maximum atomic E-state index is 14.1. The highest BCUT2D eigenvalue weighted by Gasteiger charge is 2.35. The van der Waals surface area contributed by atoms with Crippen LogP contribution in [0.25, 0.3) is 16.8 Å².